The third kappa shape index (κ3) is 2.95. The van der Waals surface area contributed by atoms with Crippen LogP contribution < -0.4 is 4.90 Å². The Morgan fingerprint density at radius 2 is 2.21 bits per heavy atom. The number of anilines is 1. The summed E-state index contributed by atoms with van der Waals surface area (Å²) in [7, 11) is 2.09. The number of hydrogen-bond acceptors (Lipinski definition) is 3. The second-order valence-electron chi connectivity index (χ2n) is 5.39. The van der Waals surface area contributed by atoms with Crippen molar-refractivity contribution in [3.05, 3.63) is 45.1 Å². The minimum Gasteiger partial charge on any atom is -0.374 e. The second kappa shape index (κ2) is 5.43. The lowest BCUT2D eigenvalue weighted by molar-refractivity contribution is -0.431. The average molecular weight is 260 g/mol. The maximum Gasteiger partial charge on any atom is 0.249 e. The van der Waals surface area contributed by atoms with E-state index in [9.17, 15) is 10.1 Å². The van der Waals surface area contributed by atoms with Gasteiger partial charge in [-0.15, -0.1) is 0 Å². The van der Waals surface area contributed by atoms with Gasteiger partial charge in [-0.3, -0.25) is 10.1 Å². The summed E-state index contributed by atoms with van der Waals surface area (Å²) in [6.45, 7) is 4.77. The van der Waals surface area contributed by atoms with E-state index < -0.39 is 0 Å². The number of fused-ring (bicyclic) bond motifs is 1. The first-order valence-corrected chi connectivity index (χ1v) is 6.69. The van der Waals surface area contributed by atoms with E-state index in [1.54, 1.807) is 6.08 Å². The molecule has 1 aromatic carbocycles. The molecule has 0 aromatic heterocycles. The van der Waals surface area contributed by atoms with Crippen molar-refractivity contribution in [3.63, 3.8) is 0 Å². The Morgan fingerprint density at radius 3 is 2.84 bits per heavy atom. The van der Waals surface area contributed by atoms with Gasteiger partial charge in [0.1, 0.15) is 0 Å². The van der Waals surface area contributed by atoms with Crippen molar-refractivity contribution in [2.75, 3.05) is 18.5 Å². The fraction of sp³-hybridized carbons (Fsp3) is 0.467. The van der Waals surface area contributed by atoms with Crippen LogP contribution in [0.3, 0.4) is 0 Å². The predicted molar refractivity (Wildman–Crippen MR) is 77.8 cm³/mol. The van der Waals surface area contributed by atoms with Crippen molar-refractivity contribution in [1.82, 2.24) is 0 Å². The molecule has 0 atom stereocenters. The van der Waals surface area contributed by atoms with Gasteiger partial charge in [0.2, 0.25) is 5.70 Å². The summed E-state index contributed by atoms with van der Waals surface area (Å²) in [5, 5.41) is 11.0. The number of benzene rings is 1. The summed E-state index contributed by atoms with van der Waals surface area (Å²) in [4.78, 5) is 13.0. The van der Waals surface area contributed by atoms with Crippen molar-refractivity contribution < 1.29 is 4.92 Å². The van der Waals surface area contributed by atoms with Crippen LogP contribution in [0.5, 0.6) is 0 Å². The first-order valence-electron chi connectivity index (χ1n) is 6.69. The Labute approximate surface area is 113 Å². The zero-order valence-corrected chi connectivity index (χ0v) is 11.7. The summed E-state index contributed by atoms with van der Waals surface area (Å²) < 4.78 is 0. The molecule has 0 spiro atoms. The highest BCUT2D eigenvalue weighted by atomic mass is 16.6. The topological polar surface area (TPSA) is 46.4 Å². The minimum absolute atomic E-state index is 0.0753. The summed E-state index contributed by atoms with van der Waals surface area (Å²) in [6.07, 6.45) is 3.89. The van der Waals surface area contributed by atoms with E-state index in [0.717, 1.165) is 24.9 Å². The van der Waals surface area contributed by atoms with E-state index in [-0.39, 0.29) is 16.5 Å². The monoisotopic (exact) mass is 260 g/mol. The summed E-state index contributed by atoms with van der Waals surface area (Å²) in [6, 6.07) is 6.11. The predicted octanol–water partition coefficient (Wildman–Crippen LogP) is 3.34. The Bertz CT molecular complexity index is 521. The van der Waals surface area contributed by atoms with Crippen LogP contribution in [0.1, 0.15) is 31.4 Å². The molecular weight excluding hydrogens is 240 g/mol. The summed E-state index contributed by atoms with van der Waals surface area (Å²) in [5.74, 6) is -0.0753. The lowest BCUT2D eigenvalue weighted by Crippen LogP contribution is -2.24. The number of rotatable bonds is 3. The first kappa shape index (κ1) is 13.6. The Kier molecular flexibility index (Phi) is 3.88. The molecule has 0 radical (unpaired) electrons. The molecule has 4 nitrogen and oxygen atoms in total. The van der Waals surface area contributed by atoms with E-state index in [1.807, 2.05) is 19.9 Å². The molecule has 0 amide bonds. The third-order valence-corrected chi connectivity index (χ3v) is 3.57. The van der Waals surface area contributed by atoms with Crippen LogP contribution in [0.15, 0.2) is 23.9 Å². The van der Waals surface area contributed by atoms with Gasteiger partial charge in [-0.1, -0.05) is 19.9 Å². The fourth-order valence-corrected chi connectivity index (χ4v) is 2.50. The normalized spacial score (nSPS) is 15.6. The van der Waals surface area contributed by atoms with Crippen LogP contribution in [-0.2, 0) is 6.42 Å². The Hall–Kier alpha value is -1.84. The van der Waals surface area contributed by atoms with Gasteiger partial charge in [-0.05, 0) is 36.1 Å². The minimum atomic E-state index is -0.282. The van der Waals surface area contributed by atoms with Crippen molar-refractivity contribution in [1.29, 1.82) is 0 Å². The maximum atomic E-state index is 11.0. The van der Waals surface area contributed by atoms with Crippen LogP contribution in [-0.4, -0.2) is 18.5 Å². The average Bonchev–Trinajstić information content (AvgIpc) is 2.35. The molecule has 0 fully saturated rings. The maximum absolute atomic E-state index is 11.0. The molecule has 0 aliphatic carbocycles. The molecule has 4 heteroatoms. The van der Waals surface area contributed by atoms with Gasteiger partial charge in [-0.2, -0.15) is 0 Å². The standard InChI is InChI=1S/C15H20N2O2/c1-11(2)15(17(18)19)10-12-6-7-14-13(9-12)5-4-8-16(14)3/h6-7,9-11H,4-5,8H2,1-3H3/b15-10-. The summed E-state index contributed by atoms with van der Waals surface area (Å²) >= 11 is 0. The third-order valence-electron chi connectivity index (χ3n) is 3.57. The van der Waals surface area contributed by atoms with Crippen molar-refractivity contribution in [2.24, 2.45) is 5.92 Å². The molecule has 1 aliphatic heterocycles. The lowest BCUT2D eigenvalue weighted by atomic mass is 9.98. The molecular formula is C15H20N2O2. The number of nitro groups is 1. The molecule has 0 N–H and O–H groups in total. The van der Waals surface area contributed by atoms with E-state index in [4.69, 9.17) is 0 Å². The fourth-order valence-electron chi connectivity index (χ4n) is 2.50. The molecule has 1 aromatic rings. The van der Waals surface area contributed by atoms with Crippen LogP contribution in [0.4, 0.5) is 5.69 Å². The first-order chi connectivity index (χ1) is 8.99. The quantitative estimate of drug-likeness (QED) is 0.618. The Morgan fingerprint density at radius 1 is 1.47 bits per heavy atom. The van der Waals surface area contributed by atoms with Gasteiger partial charge in [0.05, 0.1) is 4.92 Å². The largest absolute Gasteiger partial charge is 0.374 e. The van der Waals surface area contributed by atoms with Crippen molar-refractivity contribution in [2.45, 2.75) is 26.7 Å². The SMILES string of the molecule is CC(C)/C(=C/c1ccc2c(c1)CCCN2C)[N+](=O)[O-]. The van der Waals surface area contributed by atoms with E-state index in [2.05, 4.69) is 24.1 Å². The van der Waals surface area contributed by atoms with Gasteiger partial charge >= 0.3 is 0 Å². The highest BCUT2D eigenvalue weighted by molar-refractivity contribution is 5.62. The molecule has 19 heavy (non-hydrogen) atoms. The van der Waals surface area contributed by atoms with E-state index in [0.29, 0.717) is 0 Å². The number of aryl methyl sites for hydroxylation is 1. The molecule has 2 rings (SSSR count). The molecule has 0 unspecified atom stereocenters. The van der Waals surface area contributed by atoms with Gasteiger partial charge in [-0.25, -0.2) is 0 Å². The lowest BCUT2D eigenvalue weighted by Gasteiger charge is -2.27. The van der Waals surface area contributed by atoms with E-state index in [1.165, 1.54) is 11.3 Å². The van der Waals surface area contributed by atoms with Crippen LogP contribution in [0, 0.1) is 16.0 Å². The van der Waals surface area contributed by atoms with Gasteiger partial charge in [0, 0.05) is 31.3 Å². The zero-order chi connectivity index (χ0) is 14.0. The number of nitrogens with zero attached hydrogens (tertiary/aromatic N) is 2. The summed E-state index contributed by atoms with van der Waals surface area (Å²) in [5.41, 5.74) is 3.73. The van der Waals surface area contributed by atoms with Crippen LogP contribution in [0.2, 0.25) is 0 Å². The molecule has 1 heterocycles. The Balaban J connectivity index is 2.37. The molecule has 0 saturated heterocycles. The molecule has 1 aliphatic rings. The van der Waals surface area contributed by atoms with Crippen molar-refractivity contribution >= 4 is 11.8 Å². The highest BCUT2D eigenvalue weighted by Gasteiger charge is 2.17. The number of hydrogen-bond donors (Lipinski definition) is 0. The van der Waals surface area contributed by atoms with Gasteiger partial charge in [0.25, 0.3) is 0 Å². The highest BCUT2D eigenvalue weighted by Crippen LogP contribution is 2.28. The zero-order valence-electron chi connectivity index (χ0n) is 11.7. The molecule has 102 valence electrons. The van der Waals surface area contributed by atoms with Gasteiger partial charge < -0.3 is 4.90 Å². The molecule has 0 saturated carbocycles. The van der Waals surface area contributed by atoms with Gasteiger partial charge in [0.15, 0.2) is 0 Å². The van der Waals surface area contributed by atoms with E-state index >= 15 is 0 Å². The van der Waals surface area contributed by atoms with Crippen LogP contribution in [0.25, 0.3) is 6.08 Å². The number of allylic oxidation sites excluding steroid dienone is 1. The molecule has 0 bridgehead atoms. The smallest absolute Gasteiger partial charge is 0.249 e. The van der Waals surface area contributed by atoms with Crippen LogP contribution >= 0.6 is 0 Å². The van der Waals surface area contributed by atoms with Crippen molar-refractivity contribution in [3.8, 4) is 0 Å². The second-order valence-corrected chi connectivity index (χ2v) is 5.39.